The Hall–Kier alpha value is 0. The van der Waals surface area contributed by atoms with Gasteiger partial charge in [-0.05, 0) is 48.3 Å². The molecule has 0 amide bonds. The van der Waals surface area contributed by atoms with E-state index < -0.39 is 0 Å². The van der Waals surface area contributed by atoms with Gasteiger partial charge in [0.1, 0.15) is 0 Å². The fraction of sp³-hybridized carbons (Fsp3) is 1.00. The average molecular weight is 224 g/mol. The van der Waals surface area contributed by atoms with Crippen molar-refractivity contribution >= 4 is 0 Å². The predicted octanol–water partition coefficient (Wildman–Crippen LogP) is 5.67. The molecule has 0 radical (unpaired) electrons. The fourth-order valence-electron chi connectivity index (χ4n) is 3.13. The highest BCUT2D eigenvalue weighted by atomic mass is 14.3. The lowest BCUT2D eigenvalue weighted by atomic mass is 9.82. The largest absolute Gasteiger partial charge is 0.0602 e. The second-order valence-electron chi connectivity index (χ2n) is 8.41. The molecule has 0 saturated heterocycles. The summed E-state index contributed by atoms with van der Waals surface area (Å²) in [5, 5.41) is 0. The van der Waals surface area contributed by atoms with Crippen molar-refractivity contribution < 1.29 is 0 Å². The summed E-state index contributed by atoms with van der Waals surface area (Å²) in [5.41, 5.74) is 1.06. The molecule has 0 aromatic carbocycles. The third kappa shape index (κ3) is 5.92. The zero-order chi connectivity index (χ0) is 12.4. The van der Waals surface area contributed by atoms with Crippen LogP contribution in [0.4, 0.5) is 0 Å². The first-order valence-corrected chi connectivity index (χ1v) is 7.16. The molecule has 1 saturated carbocycles. The van der Waals surface area contributed by atoms with Crippen LogP contribution in [0.3, 0.4) is 0 Å². The van der Waals surface area contributed by atoms with E-state index in [2.05, 4.69) is 41.5 Å². The normalized spacial score (nSPS) is 27.4. The summed E-state index contributed by atoms with van der Waals surface area (Å²) < 4.78 is 0. The van der Waals surface area contributed by atoms with Crippen molar-refractivity contribution in [3.05, 3.63) is 0 Å². The lowest BCUT2D eigenvalue weighted by Gasteiger charge is -2.23. The Morgan fingerprint density at radius 2 is 1.38 bits per heavy atom. The van der Waals surface area contributed by atoms with Gasteiger partial charge in [-0.25, -0.2) is 0 Å². The molecular weight excluding hydrogens is 192 g/mol. The van der Waals surface area contributed by atoms with Crippen molar-refractivity contribution in [2.45, 2.75) is 80.1 Å². The molecular formula is C16H32. The maximum Gasteiger partial charge on any atom is -0.0380 e. The summed E-state index contributed by atoms with van der Waals surface area (Å²) in [6.07, 6.45) is 8.79. The first kappa shape index (κ1) is 14.1. The SMILES string of the molecule is CC(C)(C)CC[C@H]1CC[C@@H](CC(C)(C)C)C1. The Bertz CT molecular complexity index is 201. The van der Waals surface area contributed by atoms with Crippen molar-refractivity contribution in [1.82, 2.24) is 0 Å². The Morgan fingerprint density at radius 1 is 0.812 bits per heavy atom. The van der Waals surface area contributed by atoms with Crippen LogP contribution in [-0.4, -0.2) is 0 Å². The number of rotatable bonds is 3. The van der Waals surface area contributed by atoms with Crippen molar-refractivity contribution in [2.24, 2.45) is 22.7 Å². The highest BCUT2D eigenvalue weighted by molar-refractivity contribution is 4.80. The molecule has 1 aliphatic rings. The Morgan fingerprint density at radius 3 is 1.88 bits per heavy atom. The van der Waals surface area contributed by atoms with Crippen LogP contribution in [0.2, 0.25) is 0 Å². The van der Waals surface area contributed by atoms with E-state index >= 15 is 0 Å². The van der Waals surface area contributed by atoms with Crippen molar-refractivity contribution in [3.8, 4) is 0 Å². The van der Waals surface area contributed by atoms with Crippen molar-refractivity contribution in [1.29, 1.82) is 0 Å². The van der Waals surface area contributed by atoms with Gasteiger partial charge < -0.3 is 0 Å². The van der Waals surface area contributed by atoms with E-state index in [1.54, 1.807) is 0 Å². The molecule has 0 N–H and O–H groups in total. The van der Waals surface area contributed by atoms with Gasteiger partial charge in [0, 0.05) is 0 Å². The van der Waals surface area contributed by atoms with Gasteiger partial charge in [-0.1, -0.05) is 54.4 Å². The molecule has 0 aromatic rings. The van der Waals surface area contributed by atoms with Gasteiger partial charge in [0.15, 0.2) is 0 Å². The molecule has 16 heavy (non-hydrogen) atoms. The van der Waals surface area contributed by atoms with Crippen LogP contribution < -0.4 is 0 Å². The Labute approximate surface area is 103 Å². The smallest absolute Gasteiger partial charge is 0.0380 e. The molecule has 0 heteroatoms. The summed E-state index contributed by atoms with van der Waals surface area (Å²) in [5.74, 6) is 2.05. The van der Waals surface area contributed by atoms with E-state index in [1.807, 2.05) is 0 Å². The van der Waals surface area contributed by atoms with E-state index in [-0.39, 0.29) is 0 Å². The van der Waals surface area contributed by atoms with Crippen LogP contribution in [0.25, 0.3) is 0 Å². The van der Waals surface area contributed by atoms with Gasteiger partial charge in [-0.15, -0.1) is 0 Å². The third-order valence-corrected chi connectivity index (χ3v) is 3.85. The fourth-order valence-corrected chi connectivity index (χ4v) is 3.13. The van der Waals surface area contributed by atoms with Gasteiger partial charge in [0.2, 0.25) is 0 Å². The van der Waals surface area contributed by atoms with Gasteiger partial charge >= 0.3 is 0 Å². The van der Waals surface area contributed by atoms with E-state index in [1.165, 1.54) is 38.5 Å². The quantitative estimate of drug-likeness (QED) is 0.580. The minimum absolute atomic E-state index is 0.530. The molecule has 0 aliphatic heterocycles. The molecule has 1 fully saturated rings. The zero-order valence-electron chi connectivity index (χ0n) is 12.4. The number of hydrogen-bond donors (Lipinski definition) is 0. The summed E-state index contributed by atoms with van der Waals surface area (Å²) in [6.45, 7) is 14.3. The first-order chi connectivity index (χ1) is 7.16. The van der Waals surface area contributed by atoms with Crippen molar-refractivity contribution in [3.63, 3.8) is 0 Å². The second-order valence-corrected chi connectivity index (χ2v) is 8.41. The van der Waals surface area contributed by atoms with Gasteiger partial charge in [0.05, 0.1) is 0 Å². The van der Waals surface area contributed by atoms with Crippen LogP contribution in [0, 0.1) is 22.7 Å². The van der Waals surface area contributed by atoms with Crippen LogP contribution in [0.15, 0.2) is 0 Å². The molecule has 0 heterocycles. The third-order valence-electron chi connectivity index (χ3n) is 3.85. The standard InChI is InChI=1S/C16H32/c1-15(2,3)10-9-13-7-8-14(11-13)12-16(4,5)6/h13-14H,7-12H2,1-6H3/t13-,14-/m1/s1. The minimum Gasteiger partial charge on any atom is -0.0602 e. The summed E-state index contributed by atoms with van der Waals surface area (Å²) in [6, 6.07) is 0. The second kappa shape index (κ2) is 5.10. The minimum atomic E-state index is 0.530. The summed E-state index contributed by atoms with van der Waals surface area (Å²) in [7, 11) is 0. The molecule has 0 aromatic heterocycles. The van der Waals surface area contributed by atoms with E-state index in [9.17, 15) is 0 Å². The van der Waals surface area contributed by atoms with Crippen LogP contribution in [-0.2, 0) is 0 Å². The van der Waals surface area contributed by atoms with E-state index in [4.69, 9.17) is 0 Å². The van der Waals surface area contributed by atoms with Crippen molar-refractivity contribution in [2.75, 3.05) is 0 Å². The molecule has 96 valence electrons. The lowest BCUT2D eigenvalue weighted by Crippen LogP contribution is -2.12. The van der Waals surface area contributed by atoms with E-state index in [0.29, 0.717) is 10.8 Å². The van der Waals surface area contributed by atoms with Gasteiger partial charge in [-0.3, -0.25) is 0 Å². The highest BCUT2D eigenvalue weighted by Crippen LogP contribution is 2.41. The maximum absolute atomic E-state index is 2.38. The Kier molecular flexibility index (Phi) is 4.49. The molecule has 0 spiro atoms. The molecule has 0 unspecified atom stereocenters. The molecule has 0 nitrogen and oxygen atoms in total. The molecule has 1 aliphatic carbocycles. The predicted molar refractivity (Wildman–Crippen MR) is 73.6 cm³/mol. The van der Waals surface area contributed by atoms with Gasteiger partial charge in [-0.2, -0.15) is 0 Å². The van der Waals surface area contributed by atoms with E-state index in [0.717, 1.165) is 11.8 Å². The molecule has 2 atom stereocenters. The van der Waals surface area contributed by atoms with Crippen LogP contribution >= 0.6 is 0 Å². The first-order valence-electron chi connectivity index (χ1n) is 7.16. The summed E-state index contributed by atoms with van der Waals surface area (Å²) >= 11 is 0. The maximum atomic E-state index is 2.38. The van der Waals surface area contributed by atoms with Crippen LogP contribution in [0.5, 0.6) is 0 Å². The lowest BCUT2D eigenvalue weighted by molar-refractivity contribution is 0.280. The number of hydrogen-bond acceptors (Lipinski definition) is 0. The van der Waals surface area contributed by atoms with Crippen LogP contribution in [0.1, 0.15) is 80.1 Å². The topological polar surface area (TPSA) is 0 Å². The monoisotopic (exact) mass is 224 g/mol. The Balaban J connectivity index is 2.25. The average Bonchev–Trinajstić information content (AvgIpc) is 2.44. The highest BCUT2D eigenvalue weighted by Gasteiger charge is 2.28. The zero-order valence-corrected chi connectivity index (χ0v) is 12.4. The van der Waals surface area contributed by atoms with Gasteiger partial charge in [0.25, 0.3) is 0 Å². The molecule has 1 rings (SSSR count). The molecule has 0 bridgehead atoms. The summed E-state index contributed by atoms with van der Waals surface area (Å²) in [4.78, 5) is 0.